The number of halogens is 1. The van der Waals surface area contributed by atoms with E-state index in [0.717, 1.165) is 17.1 Å². The van der Waals surface area contributed by atoms with Gasteiger partial charge < -0.3 is 0 Å². The first-order valence-corrected chi connectivity index (χ1v) is 6.81. The van der Waals surface area contributed by atoms with Crippen molar-refractivity contribution in [3.05, 3.63) is 36.4 Å². The molecule has 0 saturated heterocycles. The fraction of sp³-hybridized carbons (Fsp3) is 0. The molecule has 1 aromatic carbocycles. The number of anilines is 1. The lowest BCUT2D eigenvalue weighted by molar-refractivity contribution is -0.119. The minimum absolute atomic E-state index is 0.163. The Balaban J connectivity index is 2.48. The highest BCUT2D eigenvalue weighted by atomic mass is 35.7. The maximum absolute atomic E-state index is 11.4. The van der Waals surface area contributed by atoms with Crippen LogP contribution in [0.5, 0.6) is 0 Å². The van der Waals surface area contributed by atoms with Gasteiger partial charge in [-0.3, -0.25) is 9.59 Å². The summed E-state index contributed by atoms with van der Waals surface area (Å²) in [5.74, 6) is -1.03. The van der Waals surface area contributed by atoms with E-state index in [0.29, 0.717) is 0 Å². The molecule has 1 aromatic rings. The second-order valence-corrected chi connectivity index (χ2v) is 5.85. The van der Waals surface area contributed by atoms with Crippen LogP contribution < -0.4 is 4.90 Å². The summed E-state index contributed by atoms with van der Waals surface area (Å²) in [4.78, 5) is 23.5. The molecule has 0 bridgehead atoms. The molecule has 0 unspecified atom stereocenters. The lowest BCUT2D eigenvalue weighted by Crippen LogP contribution is -2.29. The number of rotatable bonds is 2. The molecule has 1 heterocycles. The van der Waals surface area contributed by atoms with Gasteiger partial charge in [0.2, 0.25) is 0 Å². The first-order valence-electron chi connectivity index (χ1n) is 4.50. The van der Waals surface area contributed by atoms with Crippen molar-refractivity contribution in [2.75, 3.05) is 4.90 Å². The molecule has 0 N–H and O–H groups in total. The van der Waals surface area contributed by atoms with Crippen LogP contribution in [-0.2, 0) is 18.6 Å². The normalized spacial score (nSPS) is 15.7. The van der Waals surface area contributed by atoms with Gasteiger partial charge in [0.25, 0.3) is 20.9 Å². The molecule has 2 amide bonds. The van der Waals surface area contributed by atoms with Crippen molar-refractivity contribution >= 4 is 37.2 Å². The Morgan fingerprint density at radius 2 is 1.65 bits per heavy atom. The van der Waals surface area contributed by atoms with Crippen molar-refractivity contribution in [1.29, 1.82) is 0 Å². The van der Waals surface area contributed by atoms with Crippen LogP contribution in [0.15, 0.2) is 41.3 Å². The standard InChI is InChI=1S/C10H6ClNO4S/c11-17(15,16)8-3-1-2-7(6-8)12-9(13)4-5-10(12)14/h1-6H. The van der Waals surface area contributed by atoms with Crippen LogP contribution in [0.25, 0.3) is 0 Å². The van der Waals surface area contributed by atoms with E-state index in [2.05, 4.69) is 0 Å². The minimum atomic E-state index is -3.89. The fourth-order valence-electron chi connectivity index (χ4n) is 1.43. The van der Waals surface area contributed by atoms with E-state index >= 15 is 0 Å². The zero-order chi connectivity index (χ0) is 12.6. The summed E-state index contributed by atoms with van der Waals surface area (Å²) in [7, 11) is 1.29. The summed E-state index contributed by atoms with van der Waals surface area (Å²) < 4.78 is 22.2. The topological polar surface area (TPSA) is 71.5 Å². The zero-order valence-corrected chi connectivity index (χ0v) is 9.90. The van der Waals surface area contributed by atoms with E-state index in [-0.39, 0.29) is 10.6 Å². The highest BCUT2D eigenvalue weighted by molar-refractivity contribution is 8.13. The quantitative estimate of drug-likeness (QED) is 0.595. The van der Waals surface area contributed by atoms with Crippen LogP contribution in [0.2, 0.25) is 0 Å². The highest BCUT2D eigenvalue weighted by Crippen LogP contribution is 2.24. The van der Waals surface area contributed by atoms with Gasteiger partial charge in [0.1, 0.15) is 0 Å². The van der Waals surface area contributed by atoms with Gasteiger partial charge in [0.05, 0.1) is 10.6 Å². The second-order valence-electron chi connectivity index (χ2n) is 3.28. The molecule has 1 aliphatic heterocycles. The number of carbonyl (C=O) groups excluding carboxylic acids is 2. The minimum Gasteiger partial charge on any atom is -0.269 e. The fourth-order valence-corrected chi connectivity index (χ4v) is 2.22. The van der Waals surface area contributed by atoms with Crippen LogP contribution in [0.4, 0.5) is 5.69 Å². The van der Waals surface area contributed by atoms with Crippen LogP contribution in [0.3, 0.4) is 0 Å². The predicted molar refractivity (Wildman–Crippen MR) is 61.1 cm³/mol. The van der Waals surface area contributed by atoms with Gasteiger partial charge in [-0.05, 0) is 18.2 Å². The number of imide groups is 1. The van der Waals surface area contributed by atoms with E-state index in [1.54, 1.807) is 0 Å². The number of hydrogen-bond acceptors (Lipinski definition) is 4. The highest BCUT2D eigenvalue weighted by Gasteiger charge is 2.25. The molecular formula is C10H6ClNO4S. The van der Waals surface area contributed by atoms with Crippen LogP contribution in [0.1, 0.15) is 0 Å². The molecule has 0 atom stereocenters. The molecule has 7 heteroatoms. The Bertz CT molecular complexity index is 617. The van der Waals surface area contributed by atoms with Gasteiger partial charge in [-0.15, -0.1) is 0 Å². The van der Waals surface area contributed by atoms with Gasteiger partial charge in [0, 0.05) is 22.8 Å². The molecule has 0 aliphatic carbocycles. The van der Waals surface area contributed by atoms with E-state index in [9.17, 15) is 18.0 Å². The Hall–Kier alpha value is -1.66. The van der Waals surface area contributed by atoms with Crippen LogP contribution in [-0.4, -0.2) is 20.2 Å². The summed E-state index contributed by atoms with van der Waals surface area (Å²) in [5.41, 5.74) is 0.173. The smallest absolute Gasteiger partial charge is 0.261 e. The zero-order valence-electron chi connectivity index (χ0n) is 8.33. The van der Waals surface area contributed by atoms with E-state index < -0.39 is 20.9 Å². The third-order valence-corrected chi connectivity index (χ3v) is 3.52. The number of nitrogens with zero attached hydrogens (tertiary/aromatic N) is 1. The number of amides is 2. The van der Waals surface area contributed by atoms with Crippen molar-refractivity contribution in [3.8, 4) is 0 Å². The molecule has 2 rings (SSSR count). The van der Waals surface area contributed by atoms with Crippen molar-refractivity contribution in [3.63, 3.8) is 0 Å². The summed E-state index contributed by atoms with van der Waals surface area (Å²) in [6.45, 7) is 0. The average molecular weight is 272 g/mol. The lowest BCUT2D eigenvalue weighted by Gasteiger charge is -2.13. The maximum atomic E-state index is 11.4. The first-order chi connectivity index (χ1) is 7.89. The first kappa shape index (κ1) is 11.8. The monoisotopic (exact) mass is 271 g/mol. The molecule has 0 radical (unpaired) electrons. The molecule has 88 valence electrons. The predicted octanol–water partition coefficient (Wildman–Crippen LogP) is 1.04. The summed E-state index contributed by atoms with van der Waals surface area (Å²) in [6, 6.07) is 5.31. The van der Waals surface area contributed by atoms with Gasteiger partial charge in [-0.25, -0.2) is 13.3 Å². The van der Waals surface area contributed by atoms with Crippen LogP contribution in [0, 0.1) is 0 Å². The molecule has 0 saturated carbocycles. The molecular weight excluding hydrogens is 266 g/mol. The van der Waals surface area contributed by atoms with E-state index in [1.807, 2.05) is 0 Å². The Kier molecular flexibility index (Phi) is 2.76. The Labute approximate surface area is 102 Å². The van der Waals surface area contributed by atoms with Gasteiger partial charge >= 0.3 is 0 Å². The summed E-state index contributed by atoms with van der Waals surface area (Å²) >= 11 is 0. The molecule has 0 fully saturated rings. The molecule has 5 nitrogen and oxygen atoms in total. The Morgan fingerprint density at radius 1 is 1.06 bits per heavy atom. The molecule has 17 heavy (non-hydrogen) atoms. The number of carbonyl (C=O) groups is 2. The van der Waals surface area contributed by atoms with E-state index in [1.165, 1.54) is 24.3 Å². The molecule has 0 spiro atoms. The second kappa shape index (κ2) is 3.97. The number of benzene rings is 1. The molecule has 1 aliphatic rings. The van der Waals surface area contributed by atoms with Gasteiger partial charge in [-0.1, -0.05) is 6.07 Å². The SMILES string of the molecule is O=C1C=CC(=O)N1c1cccc(S(=O)(=O)Cl)c1. The Morgan fingerprint density at radius 3 is 2.18 bits per heavy atom. The summed E-state index contributed by atoms with van der Waals surface area (Å²) in [5, 5.41) is 0. The summed E-state index contributed by atoms with van der Waals surface area (Å²) in [6.07, 6.45) is 2.23. The van der Waals surface area contributed by atoms with Crippen molar-refractivity contribution < 1.29 is 18.0 Å². The maximum Gasteiger partial charge on any atom is 0.261 e. The third-order valence-electron chi connectivity index (χ3n) is 2.17. The van der Waals surface area contributed by atoms with Crippen molar-refractivity contribution in [1.82, 2.24) is 0 Å². The van der Waals surface area contributed by atoms with E-state index in [4.69, 9.17) is 10.7 Å². The lowest BCUT2D eigenvalue weighted by atomic mass is 10.3. The average Bonchev–Trinajstić information content (AvgIpc) is 2.57. The van der Waals surface area contributed by atoms with Gasteiger partial charge in [0.15, 0.2) is 0 Å². The third kappa shape index (κ3) is 2.22. The van der Waals surface area contributed by atoms with Crippen molar-refractivity contribution in [2.24, 2.45) is 0 Å². The molecule has 0 aromatic heterocycles. The van der Waals surface area contributed by atoms with Crippen LogP contribution >= 0.6 is 10.7 Å². The van der Waals surface area contributed by atoms with Crippen molar-refractivity contribution in [2.45, 2.75) is 4.90 Å². The van der Waals surface area contributed by atoms with Gasteiger partial charge in [-0.2, -0.15) is 0 Å². The largest absolute Gasteiger partial charge is 0.269 e. The number of hydrogen-bond donors (Lipinski definition) is 0.